The average Bonchev–Trinajstić information content (AvgIpc) is 3.40. The van der Waals surface area contributed by atoms with Crippen molar-refractivity contribution in [3.63, 3.8) is 0 Å². The highest BCUT2D eigenvalue weighted by Gasteiger charge is 2.28. The smallest absolute Gasteiger partial charge is 0.137 e. The van der Waals surface area contributed by atoms with E-state index in [-0.39, 0.29) is 12.2 Å². The Bertz CT molecular complexity index is 2480. The lowest BCUT2D eigenvalue weighted by molar-refractivity contribution is 0.460. The van der Waals surface area contributed by atoms with Crippen molar-refractivity contribution in [1.29, 1.82) is 0 Å². The molecule has 0 spiro atoms. The monoisotopic (exact) mass is 617 g/mol. The van der Waals surface area contributed by atoms with Gasteiger partial charge in [0.25, 0.3) is 0 Å². The molecule has 0 saturated heterocycles. The van der Waals surface area contributed by atoms with Crippen LogP contribution in [0.2, 0.25) is 0 Å². The molecular formula is C44H31N3O. The van der Waals surface area contributed by atoms with Crippen LogP contribution in [0, 0.1) is 0 Å². The van der Waals surface area contributed by atoms with E-state index in [4.69, 9.17) is 4.74 Å². The Kier molecular flexibility index (Phi) is 6.05. The molecule has 1 aliphatic carbocycles. The average molecular weight is 618 g/mol. The molecule has 7 aromatic rings. The van der Waals surface area contributed by atoms with Gasteiger partial charge in [0.1, 0.15) is 17.7 Å². The molecule has 6 aromatic carbocycles. The van der Waals surface area contributed by atoms with Crippen LogP contribution in [-0.2, 0) is 0 Å². The Morgan fingerprint density at radius 1 is 0.562 bits per heavy atom. The molecule has 0 amide bonds. The van der Waals surface area contributed by atoms with Crippen molar-refractivity contribution in [1.82, 2.24) is 15.2 Å². The SMILES string of the molecule is C1=CC2=C(c3ccccc3)NC(c3ccc(-n4c5ccccc5c5cc6c(cc54)Oc4ccccc4-c4ccccc4-6)cc3)NC2C=C1. The standard InChI is InChI=1S/C44H31N3O/c1-2-12-28(13-3-1)43-35-18-6-9-19-38(35)45-44(46-43)29-22-24-30(25-23-29)47-39-20-10-7-16-33(39)36-26-37-32-15-5-4-14-31(32)34-17-8-11-21-41(34)48-42(37)27-40(36)47/h1-27,38,44-46H. The van der Waals surface area contributed by atoms with Crippen molar-refractivity contribution >= 4 is 27.5 Å². The van der Waals surface area contributed by atoms with Gasteiger partial charge in [-0.1, -0.05) is 127 Å². The van der Waals surface area contributed by atoms with Crippen LogP contribution in [-0.4, -0.2) is 10.6 Å². The third-order valence-electron chi connectivity index (χ3n) is 9.88. The topological polar surface area (TPSA) is 38.2 Å². The fraction of sp³-hybridized carbons (Fsp3) is 0.0455. The lowest BCUT2D eigenvalue weighted by Crippen LogP contribution is -2.45. The molecule has 0 saturated carbocycles. The van der Waals surface area contributed by atoms with Gasteiger partial charge in [0.15, 0.2) is 0 Å². The van der Waals surface area contributed by atoms with E-state index in [1.165, 1.54) is 49.8 Å². The summed E-state index contributed by atoms with van der Waals surface area (Å²) in [6.45, 7) is 0. The molecule has 2 aliphatic heterocycles. The van der Waals surface area contributed by atoms with E-state index in [1.807, 2.05) is 6.07 Å². The maximum Gasteiger partial charge on any atom is 0.137 e. The number of nitrogens with zero attached hydrogens (tertiary/aromatic N) is 1. The van der Waals surface area contributed by atoms with Crippen molar-refractivity contribution in [3.8, 4) is 39.4 Å². The number of benzene rings is 6. The third-order valence-corrected chi connectivity index (χ3v) is 9.88. The molecule has 10 rings (SSSR count). The summed E-state index contributed by atoms with van der Waals surface area (Å²) in [5.74, 6) is 1.74. The van der Waals surface area contributed by atoms with Crippen molar-refractivity contribution < 1.29 is 4.74 Å². The molecule has 2 atom stereocenters. The second-order valence-corrected chi connectivity index (χ2v) is 12.6. The predicted molar refractivity (Wildman–Crippen MR) is 196 cm³/mol. The van der Waals surface area contributed by atoms with Crippen LogP contribution < -0.4 is 15.4 Å². The number of aromatic nitrogens is 1. The van der Waals surface area contributed by atoms with E-state index in [2.05, 4.69) is 173 Å². The van der Waals surface area contributed by atoms with Gasteiger partial charge in [-0.2, -0.15) is 0 Å². The van der Waals surface area contributed by atoms with Gasteiger partial charge < -0.3 is 14.6 Å². The summed E-state index contributed by atoms with van der Waals surface area (Å²) in [5.41, 5.74) is 12.8. The maximum atomic E-state index is 6.72. The van der Waals surface area contributed by atoms with Gasteiger partial charge in [0.05, 0.1) is 17.1 Å². The summed E-state index contributed by atoms with van der Waals surface area (Å²) in [7, 11) is 0. The fourth-order valence-corrected chi connectivity index (χ4v) is 7.64. The molecule has 0 fully saturated rings. The van der Waals surface area contributed by atoms with Crippen molar-refractivity contribution in [2.75, 3.05) is 0 Å². The van der Waals surface area contributed by atoms with Crippen LogP contribution in [0.1, 0.15) is 17.3 Å². The first-order chi connectivity index (χ1) is 23.8. The van der Waals surface area contributed by atoms with E-state index in [0.717, 1.165) is 33.8 Å². The van der Waals surface area contributed by atoms with Gasteiger partial charge >= 0.3 is 0 Å². The highest BCUT2D eigenvalue weighted by atomic mass is 16.5. The lowest BCUT2D eigenvalue weighted by Gasteiger charge is -2.36. The zero-order chi connectivity index (χ0) is 31.6. The summed E-state index contributed by atoms with van der Waals surface area (Å²) in [4.78, 5) is 0. The Morgan fingerprint density at radius 3 is 2.15 bits per heavy atom. The van der Waals surface area contributed by atoms with Crippen LogP contribution in [0.15, 0.2) is 169 Å². The van der Waals surface area contributed by atoms with Gasteiger partial charge in [-0.05, 0) is 58.2 Å². The number of hydrogen-bond acceptors (Lipinski definition) is 3. The van der Waals surface area contributed by atoms with E-state index >= 15 is 0 Å². The Morgan fingerprint density at radius 2 is 1.29 bits per heavy atom. The lowest BCUT2D eigenvalue weighted by atomic mass is 9.92. The van der Waals surface area contributed by atoms with Crippen LogP contribution in [0.3, 0.4) is 0 Å². The zero-order valence-corrected chi connectivity index (χ0v) is 26.1. The maximum absolute atomic E-state index is 6.72. The molecule has 48 heavy (non-hydrogen) atoms. The number of fused-ring (bicyclic) bond motifs is 9. The zero-order valence-electron chi connectivity index (χ0n) is 26.1. The number of rotatable bonds is 3. The number of para-hydroxylation sites is 2. The highest BCUT2D eigenvalue weighted by molar-refractivity contribution is 6.12. The van der Waals surface area contributed by atoms with Crippen LogP contribution in [0.25, 0.3) is 55.4 Å². The third kappa shape index (κ3) is 4.20. The summed E-state index contributed by atoms with van der Waals surface area (Å²) < 4.78 is 9.09. The van der Waals surface area contributed by atoms with Gasteiger partial charge in [-0.25, -0.2) is 0 Å². The largest absolute Gasteiger partial charge is 0.456 e. The van der Waals surface area contributed by atoms with Crippen LogP contribution >= 0.6 is 0 Å². The Balaban J connectivity index is 1.09. The minimum absolute atomic E-state index is 0.0402. The molecule has 2 unspecified atom stereocenters. The molecule has 3 heterocycles. The number of allylic oxidation sites excluding steroid dienone is 2. The fourth-order valence-electron chi connectivity index (χ4n) is 7.64. The number of hydrogen-bond donors (Lipinski definition) is 2. The molecule has 2 N–H and O–H groups in total. The Labute approximate surface area is 278 Å². The second kappa shape index (κ2) is 10.7. The van der Waals surface area contributed by atoms with Crippen LogP contribution in [0.4, 0.5) is 0 Å². The molecule has 4 heteroatoms. The second-order valence-electron chi connectivity index (χ2n) is 12.6. The normalized spacial score (nSPS) is 17.6. The number of ether oxygens (including phenoxy) is 1. The Hall–Kier alpha value is -6.10. The van der Waals surface area contributed by atoms with Crippen molar-refractivity contribution in [3.05, 3.63) is 181 Å². The number of nitrogens with one attached hydrogen (secondary N) is 2. The van der Waals surface area contributed by atoms with Gasteiger partial charge in [-0.3, -0.25) is 5.32 Å². The van der Waals surface area contributed by atoms with Crippen LogP contribution in [0.5, 0.6) is 11.5 Å². The molecule has 0 radical (unpaired) electrons. The van der Waals surface area contributed by atoms with Crippen molar-refractivity contribution in [2.45, 2.75) is 12.2 Å². The molecule has 228 valence electrons. The van der Waals surface area contributed by atoms with E-state index in [0.29, 0.717) is 0 Å². The first-order valence-corrected chi connectivity index (χ1v) is 16.5. The molecule has 3 aliphatic rings. The van der Waals surface area contributed by atoms with E-state index in [9.17, 15) is 0 Å². The summed E-state index contributed by atoms with van der Waals surface area (Å²) in [6.07, 6.45) is 8.64. The first kappa shape index (κ1) is 27.1. The molecular weight excluding hydrogens is 587 g/mol. The van der Waals surface area contributed by atoms with Gasteiger partial charge in [0.2, 0.25) is 0 Å². The van der Waals surface area contributed by atoms with E-state index < -0.39 is 0 Å². The summed E-state index contributed by atoms with van der Waals surface area (Å²) >= 11 is 0. The van der Waals surface area contributed by atoms with Crippen molar-refractivity contribution in [2.24, 2.45) is 0 Å². The van der Waals surface area contributed by atoms with Gasteiger partial charge in [0, 0.05) is 39.4 Å². The summed E-state index contributed by atoms with van der Waals surface area (Å²) in [6, 6.07) is 49.9. The quantitative estimate of drug-likeness (QED) is 0.207. The predicted octanol–water partition coefficient (Wildman–Crippen LogP) is 10.3. The van der Waals surface area contributed by atoms with Gasteiger partial charge in [-0.15, -0.1) is 0 Å². The molecule has 1 aromatic heterocycles. The summed E-state index contributed by atoms with van der Waals surface area (Å²) in [5, 5.41) is 10.0. The molecule has 0 bridgehead atoms. The molecule has 4 nitrogen and oxygen atoms in total. The minimum Gasteiger partial charge on any atom is -0.456 e. The first-order valence-electron chi connectivity index (χ1n) is 16.5. The minimum atomic E-state index is -0.0402. The highest BCUT2D eigenvalue weighted by Crippen LogP contribution is 2.49. The van der Waals surface area contributed by atoms with E-state index in [1.54, 1.807) is 0 Å².